The van der Waals surface area contributed by atoms with Crippen LogP contribution in [0.15, 0.2) is 0 Å². The minimum Gasteiger partial charge on any atom is -0.481 e. The molecule has 0 aromatic carbocycles. The molecule has 0 heterocycles. The van der Waals surface area contributed by atoms with Crippen molar-refractivity contribution >= 4 is 17.8 Å². The number of nitrogens with two attached hydrogens (primary N) is 2. The summed E-state index contributed by atoms with van der Waals surface area (Å²) >= 11 is 0. The Labute approximate surface area is 98.2 Å². The van der Waals surface area contributed by atoms with Crippen molar-refractivity contribution in [3.05, 3.63) is 0 Å². The molecule has 0 aromatic rings. The largest absolute Gasteiger partial charge is 0.481 e. The number of hydrogen-bond acceptors (Lipinski definition) is 5. The van der Waals surface area contributed by atoms with Gasteiger partial charge in [-0.15, -0.1) is 0 Å². The molecular weight excluding hydrogens is 232 g/mol. The highest BCUT2D eigenvalue weighted by molar-refractivity contribution is 5.76. The molecule has 0 radical (unpaired) electrons. The zero-order valence-corrected chi connectivity index (χ0v) is 9.50. The molecule has 0 aliphatic rings. The van der Waals surface area contributed by atoms with E-state index in [4.69, 9.17) is 26.8 Å². The Morgan fingerprint density at radius 2 is 1.71 bits per heavy atom. The Bertz CT molecular complexity index is 266. The van der Waals surface area contributed by atoms with E-state index in [1.165, 1.54) is 6.92 Å². The first-order valence-corrected chi connectivity index (χ1v) is 4.83. The smallest absolute Gasteiger partial charge is 0.320 e. The number of hydrogen-bond donors (Lipinski definition) is 5. The van der Waals surface area contributed by atoms with Crippen LogP contribution in [0.3, 0.4) is 0 Å². The van der Waals surface area contributed by atoms with Crippen LogP contribution in [0.1, 0.15) is 26.2 Å². The van der Waals surface area contributed by atoms with Gasteiger partial charge in [0.1, 0.15) is 6.04 Å². The van der Waals surface area contributed by atoms with Gasteiger partial charge in [-0.2, -0.15) is 0 Å². The van der Waals surface area contributed by atoms with E-state index >= 15 is 0 Å². The number of amides is 1. The van der Waals surface area contributed by atoms with Crippen molar-refractivity contribution in [3.63, 3.8) is 0 Å². The summed E-state index contributed by atoms with van der Waals surface area (Å²) in [4.78, 5) is 29.8. The van der Waals surface area contributed by atoms with Crippen LogP contribution in [0.5, 0.6) is 0 Å². The maximum absolute atomic E-state index is 10.1. The van der Waals surface area contributed by atoms with Gasteiger partial charge < -0.3 is 26.8 Å². The maximum Gasteiger partial charge on any atom is 0.320 e. The molecule has 0 bridgehead atoms. The summed E-state index contributed by atoms with van der Waals surface area (Å²) < 4.78 is 0. The summed E-state index contributed by atoms with van der Waals surface area (Å²) in [6.45, 7) is 1.44. The van der Waals surface area contributed by atoms with Gasteiger partial charge in [-0.1, -0.05) is 0 Å². The molecule has 0 aliphatic carbocycles. The van der Waals surface area contributed by atoms with Gasteiger partial charge in [-0.25, -0.2) is 0 Å². The Morgan fingerprint density at radius 3 is 1.88 bits per heavy atom. The van der Waals surface area contributed by atoms with Crippen LogP contribution in [0.4, 0.5) is 0 Å². The van der Waals surface area contributed by atoms with Gasteiger partial charge >= 0.3 is 11.9 Å². The van der Waals surface area contributed by atoms with Crippen molar-refractivity contribution in [2.24, 2.45) is 11.5 Å². The van der Waals surface area contributed by atoms with Crippen molar-refractivity contribution in [2.45, 2.75) is 38.3 Å². The minimum atomic E-state index is -1.11. The molecule has 0 rings (SSSR count). The molecule has 17 heavy (non-hydrogen) atoms. The molecule has 0 spiro atoms. The number of primary amides is 1. The zero-order chi connectivity index (χ0) is 14.0. The van der Waals surface area contributed by atoms with Crippen LogP contribution < -0.4 is 11.5 Å². The number of carboxylic acid groups (broad SMARTS) is 2. The Kier molecular flexibility index (Phi) is 9.95. The Balaban J connectivity index is 0. The third kappa shape index (κ3) is 17.0. The molecule has 8 nitrogen and oxygen atoms in total. The van der Waals surface area contributed by atoms with Crippen LogP contribution in [0.2, 0.25) is 0 Å². The fraction of sp³-hybridized carbons (Fsp3) is 0.667. The predicted octanol–water partition coefficient (Wildman–Crippen LogP) is -1.49. The van der Waals surface area contributed by atoms with E-state index in [0.29, 0.717) is 0 Å². The number of aliphatic carboxylic acids is 2. The SMILES string of the molecule is CC(O)CC(=O)O.NC(=O)CC[C@H](N)C(=O)O. The molecule has 8 heteroatoms. The fourth-order valence-electron chi connectivity index (χ4n) is 0.674. The van der Waals surface area contributed by atoms with Crippen molar-refractivity contribution in [1.82, 2.24) is 0 Å². The first-order valence-electron chi connectivity index (χ1n) is 4.83. The van der Waals surface area contributed by atoms with Crippen LogP contribution in [0.25, 0.3) is 0 Å². The highest BCUT2D eigenvalue weighted by Crippen LogP contribution is 1.92. The van der Waals surface area contributed by atoms with Crippen LogP contribution in [-0.4, -0.2) is 45.3 Å². The van der Waals surface area contributed by atoms with Crippen LogP contribution in [0, 0.1) is 0 Å². The Hall–Kier alpha value is -1.67. The number of aliphatic hydroxyl groups is 1. The van der Waals surface area contributed by atoms with Gasteiger partial charge in [0.2, 0.25) is 5.91 Å². The summed E-state index contributed by atoms with van der Waals surface area (Å²) in [5.74, 6) is -2.60. The quantitative estimate of drug-likeness (QED) is 0.383. The standard InChI is InChI=1S/C5H10N2O3.C4H8O3/c6-3(5(9)10)1-2-4(7)8;1-3(5)2-4(6)7/h3H,1-2,6H2,(H2,7,8)(H,9,10);3,5H,2H2,1H3,(H,6,7)/t3-;/m0./s1. The first kappa shape index (κ1) is 17.7. The molecule has 0 aliphatic heterocycles. The second-order valence-electron chi connectivity index (χ2n) is 3.40. The lowest BCUT2D eigenvalue weighted by atomic mass is 10.2. The third-order valence-electron chi connectivity index (χ3n) is 1.49. The van der Waals surface area contributed by atoms with Gasteiger partial charge in [0, 0.05) is 6.42 Å². The van der Waals surface area contributed by atoms with Gasteiger partial charge in [0.15, 0.2) is 0 Å². The van der Waals surface area contributed by atoms with E-state index in [9.17, 15) is 14.4 Å². The highest BCUT2D eigenvalue weighted by Gasteiger charge is 2.11. The predicted molar refractivity (Wildman–Crippen MR) is 58.0 cm³/mol. The topological polar surface area (TPSA) is 164 Å². The summed E-state index contributed by atoms with van der Waals surface area (Å²) in [5.41, 5.74) is 9.81. The lowest BCUT2D eigenvalue weighted by molar-refractivity contribution is -0.139. The molecule has 1 amide bonds. The lowest BCUT2D eigenvalue weighted by Gasteiger charge is -2.01. The van der Waals surface area contributed by atoms with Crippen molar-refractivity contribution in [2.75, 3.05) is 0 Å². The van der Waals surface area contributed by atoms with Crippen molar-refractivity contribution < 1.29 is 29.7 Å². The third-order valence-corrected chi connectivity index (χ3v) is 1.49. The molecule has 0 saturated carbocycles. The van der Waals surface area contributed by atoms with Crippen molar-refractivity contribution in [1.29, 1.82) is 0 Å². The normalized spacial score (nSPS) is 12.9. The van der Waals surface area contributed by atoms with Crippen LogP contribution in [-0.2, 0) is 14.4 Å². The van der Waals surface area contributed by atoms with E-state index in [2.05, 4.69) is 0 Å². The van der Waals surface area contributed by atoms with Crippen LogP contribution >= 0.6 is 0 Å². The molecule has 100 valence electrons. The number of carboxylic acids is 2. The van der Waals surface area contributed by atoms with E-state index in [0.717, 1.165) is 0 Å². The molecular formula is C9H18N2O6. The zero-order valence-electron chi connectivity index (χ0n) is 9.50. The number of rotatable bonds is 6. The van der Waals surface area contributed by atoms with E-state index in [-0.39, 0.29) is 19.3 Å². The minimum absolute atomic E-state index is 0.0213. The van der Waals surface area contributed by atoms with E-state index < -0.39 is 30.0 Å². The summed E-state index contributed by atoms with van der Waals surface area (Å²) in [6.07, 6.45) is -0.768. The molecule has 0 fully saturated rings. The van der Waals surface area contributed by atoms with Gasteiger partial charge in [-0.3, -0.25) is 14.4 Å². The molecule has 0 aromatic heterocycles. The first-order chi connectivity index (χ1) is 7.66. The summed E-state index contributed by atoms with van der Waals surface area (Å²) in [7, 11) is 0. The summed E-state index contributed by atoms with van der Waals surface area (Å²) in [5, 5.41) is 24.5. The average molecular weight is 250 g/mol. The van der Waals surface area contributed by atoms with Gasteiger partial charge in [0.25, 0.3) is 0 Å². The monoisotopic (exact) mass is 250 g/mol. The van der Waals surface area contributed by atoms with Crippen molar-refractivity contribution in [3.8, 4) is 0 Å². The molecule has 1 unspecified atom stereocenters. The number of carbonyl (C=O) groups excluding carboxylic acids is 1. The van der Waals surface area contributed by atoms with E-state index in [1.807, 2.05) is 0 Å². The lowest BCUT2D eigenvalue weighted by Crippen LogP contribution is -2.31. The number of carbonyl (C=O) groups is 3. The Morgan fingerprint density at radius 1 is 1.24 bits per heavy atom. The number of aliphatic hydroxyl groups excluding tert-OH is 1. The van der Waals surface area contributed by atoms with E-state index in [1.54, 1.807) is 0 Å². The van der Waals surface area contributed by atoms with Gasteiger partial charge in [-0.05, 0) is 13.3 Å². The highest BCUT2D eigenvalue weighted by atomic mass is 16.4. The molecule has 0 saturated heterocycles. The fourth-order valence-corrected chi connectivity index (χ4v) is 0.674. The second kappa shape index (κ2) is 9.55. The molecule has 2 atom stereocenters. The molecule has 7 N–H and O–H groups in total. The van der Waals surface area contributed by atoms with Gasteiger partial charge in [0.05, 0.1) is 12.5 Å². The summed E-state index contributed by atoms with van der Waals surface area (Å²) in [6, 6.07) is -0.979. The maximum atomic E-state index is 10.1. The second-order valence-corrected chi connectivity index (χ2v) is 3.40. The average Bonchev–Trinajstić information content (AvgIpc) is 2.12.